The maximum absolute atomic E-state index is 13.9. The van der Waals surface area contributed by atoms with Crippen LogP contribution in [0.2, 0.25) is 0 Å². The lowest BCUT2D eigenvalue weighted by Crippen LogP contribution is -2.29. The minimum absolute atomic E-state index is 0.162. The number of amides is 1. The maximum Gasteiger partial charge on any atom is 0.255 e. The van der Waals surface area contributed by atoms with E-state index >= 15 is 0 Å². The quantitative estimate of drug-likeness (QED) is 0.123. The number of tetrazole rings is 1. The number of nitrogens with one attached hydrogen (secondary N) is 1. The van der Waals surface area contributed by atoms with Crippen LogP contribution < -0.4 is 5.32 Å². The van der Waals surface area contributed by atoms with Crippen molar-refractivity contribution in [1.29, 1.82) is 0 Å². The number of anilines is 1. The van der Waals surface area contributed by atoms with Crippen molar-refractivity contribution in [2.45, 2.75) is 122 Å². The zero-order chi connectivity index (χ0) is 28.7. The second kappa shape index (κ2) is 17.2. The van der Waals surface area contributed by atoms with Crippen molar-refractivity contribution in [3.05, 3.63) is 65.2 Å². The molecule has 40 heavy (non-hydrogen) atoms. The molecule has 1 unspecified atom stereocenters. The van der Waals surface area contributed by atoms with E-state index in [1.807, 2.05) is 30.3 Å². The van der Waals surface area contributed by atoms with Crippen LogP contribution in [0.4, 0.5) is 5.69 Å². The Kier molecular flexibility index (Phi) is 13.7. The summed E-state index contributed by atoms with van der Waals surface area (Å²) in [5, 5.41) is 17.2. The first-order valence-electron chi connectivity index (χ1n) is 15.3. The predicted molar refractivity (Wildman–Crippen MR) is 168 cm³/mol. The zero-order valence-electron chi connectivity index (χ0n) is 25.2. The molecular weight excluding hydrogens is 514 g/mol. The van der Waals surface area contributed by atoms with Gasteiger partial charge in [0, 0.05) is 11.4 Å². The van der Waals surface area contributed by atoms with Crippen LogP contribution in [-0.4, -0.2) is 31.9 Å². The van der Waals surface area contributed by atoms with Crippen LogP contribution in [0.3, 0.4) is 0 Å². The van der Waals surface area contributed by atoms with Gasteiger partial charge in [0.15, 0.2) is 6.04 Å². The van der Waals surface area contributed by atoms with Crippen LogP contribution in [-0.2, 0) is 4.79 Å². The standard InChI is InChI=1S/C33H49N5OS/c1-6-7-8-9-10-11-12-13-14-18-24-40-33-35-37-38(36-33)31(27-20-16-15-17-21-27)32(39)34-30-28(25(2)3)22-19-23-29(30)26(4)5/h15-17,19-23,25-26,31H,6-14,18,24H2,1-5H3,(H,34,39). The van der Waals surface area contributed by atoms with Crippen LogP contribution in [0, 0.1) is 0 Å². The normalized spacial score (nSPS) is 12.3. The molecule has 3 rings (SSSR count). The van der Waals surface area contributed by atoms with Gasteiger partial charge in [-0.25, -0.2) is 0 Å². The van der Waals surface area contributed by atoms with Gasteiger partial charge >= 0.3 is 0 Å². The molecule has 1 atom stereocenters. The van der Waals surface area contributed by atoms with Gasteiger partial charge < -0.3 is 5.32 Å². The molecule has 0 fully saturated rings. The van der Waals surface area contributed by atoms with Crippen LogP contribution in [0.15, 0.2) is 53.7 Å². The Morgan fingerprint density at radius 2 is 1.38 bits per heavy atom. The molecule has 2 aromatic carbocycles. The molecule has 1 heterocycles. The lowest BCUT2D eigenvalue weighted by molar-refractivity contribution is -0.118. The second-order valence-electron chi connectivity index (χ2n) is 11.3. The highest BCUT2D eigenvalue weighted by Gasteiger charge is 2.27. The van der Waals surface area contributed by atoms with Crippen molar-refractivity contribution in [3.63, 3.8) is 0 Å². The molecule has 0 aliphatic heterocycles. The van der Waals surface area contributed by atoms with Gasteiger partial charge in [-0.15, -0.1) is 15.0 Å². The van der Waals surface area contributed by atoms with Gasteiger partial charge in [0.25, 0.3) is 5.91 Å². The Morgan fingerprint density at radius 3 is 1.95 bits per heavy atom. The average Bonchev–Trinajstić information content (AvgIpc) is 3.40. The highest BCUT2D eigenvalue weighted by atomic mass is 32.2. The average molecular weight is 564 g/mol. The van der Waals surface area contributed by atoms with Crippen molar-refractivity contribution in [3.8, 4) is 0 Å². The summed E-state index contributed by atoms with van der Waals surface area (Å²) in [7, 11) is 0. The molecule has 0 aliphatic carbocycles. The van der Waals surface area contributed by atoms with E-state index in [1.165, 1.54) is 62.6 Å². The number of benzene rings is 2. The Morgan fingerprint density at radius 1 is 0.800 bits per heavy atom. The zero-order valence-corrected chi connectivity index (χ0v) is 26.1. The third kappa shape index (κ3) is 9.76. The number of aromatic nitrogens is 4. The van der Waals surface area contributed by atoms with Crippen molar-refractivity contribution in [2.24, 2.45) is 0 Å². The Bertz CT molecular complexity index is 1120. The van der Waals surface area contributed by atoms with Gasteiger partial charge in [0.05, 0.1) is 0 Å². The molecule has 0 saturated carbocycles. The van der Waals surface area contributed by atoms with E-state index in [9.17, 15) is 4.79 Å². The molecule has 0 spiro atoms. The van der Waals surface area contributed by atoms with Gasteiger partial charge in [-0.05, 0) is 40.2 Å². The third-order valence-electron chi connectivity index (χ3n) is 7.35. The summed E-state index contributed by atoms with van der Waals surface area (Å²) in [5.41, 5.74) is 3.99. The summed E-state index contributed by atoms with van der Waals surface area (Å²) in [4.78, 5) is 15.4. The van der Waals surface area contributed by atoms with Gasteiger partial charge in [-0.1, -0.05) is 153 Å². The Labute approximate surface area is 246 Å². The topological polar surface area (TPSA) is 72.7 Å². The molecule has 1 amide bonds. The first-order valence-corrected chi connectivity index (χ1v) is 16.3. The number of unbranched alkanes of at least 4 members (excludes halogenated alkanes) is 9. The smallest absolute Gasteiger partial charge is 0.255 e. The van der Waals surface area contributed by atoms with E-state index in [-0.39, 0.29) is 17.7 Å². The first kappa shape index (κ1) is 31.9. The number of hydrogen-bond acceptors (Lipinski definition) is 5. The number of thioether (sulfide) groups is 1. The Hall–Kier alpha value is -2.67. The highest BCUT2D eigenvalue weighted by Crippen LogP contribution is 2.33. The minimum atomic E-state index is -0.708. The Balaban J connectivity index is 1.62. The molecule has 1 N–H and O–H groups in total. The maximum atomic E-state index is 13.9. The fourth-order valence-electron chi connectivity index (χ4n) is 5.04. The summed E-state index contributed by atoms with van der Waals surface area (Å²) in [6.45, 7) is 10.9. The van der Waals surface area contributed by atoms with E-state index in [0.717, 1.165) is 34.6 Å². The number of carbonyl (C=O) groups excluding carboxylic acids is 1. The lowest BCUT2D eigenvalue weighted by Gasteiger charge is -2.22. The van der Waals surface area contributed by atoms with Crippen molar-refractivity contribution < 1.29 is 4.79 Å². The second-order valence-corrected chi connectivity index (χ2v) is 12.4. The summed E-state index contributed by atoms with van der Waals surface area (Å²) in [6.07, 6.45) is 13.2. The van der Waals surface area contributed by atoms with E-state index in [2.05, 4.69) is 73.5 Å². The number of nitrogens with zero attached hydrogens (tertiary/aromatic N) is 4. The number of rotatable bonds is 18. The van der Waals surface area contributed by atoms with Crippen molar-refractivity contribution >= 4 is 23.4 Å². The number of para-hydroxylation sites is 1. The molecule has 3 aromatic rings. The molecule has 218 valence electrons. The minimum Gasteiger partial charge on any atom is -0.323 e. The van der Waals surface area contributed by atoms with E-state index in [4.69, 9.17) is 0 Å². The SMILES string of the molecule is CCCCCCCCCCCCSc1nnn(C(C(=O)Nc2c(C(C)C)cccc2C(C)C)c2ccccc2)n1. The largest absolute Gasteiger partial charge is 0.323 e. The number of carbonyl (C=O) groups is 1. The van der Waals surface area contributed by atoms with Crippen LogP contribution in [0.25, 0.3) is 0 Å². The van der Waals surface area contributed by atoms with Crippen molar-refractivity contribution in [2.75, 3.05) is 11.1 Å². The van der Waals surface area contributed by atoms with Crippen LogP contribution >= 0.6 is 11.8 Å². The molecule has 0 bridgehead atoms. The molecule has 7 heteroatoms. The predicted octanol–water partition coefficient (Wildman–Crippen LogP) is 9.16. The van der Waals surface area contributed by atoms with Crippen LogP contribution in [0.5, 0.6) is 0 Å². The number of hydrogen-bond donors (Lipinski definition) is 1. The van der Waals surface area contributed by atoms with E-state index in [1.54, 1.807) is 11.8 Å². The molecule has 0 radical (unpaired) electrons. The summed E-state index contributed by atoms with van der Waals surface area (Å²) in [6, 6.07) is 15.3. The molecule has 0 aliphatic rings. The van der Waals surface area contributed by atoms with Gasteiger partial charge in [0.2, 0.25) is 5.16 Å². The van der Waals surface area contributed by atoms with Crippen LogP contribution in [0.1, 0.15) is 133 Å². The van der Waals surface area contributed by atoms with E-state index in [0.29, 0.717) is 5.16 Å². The monoisotopic (exact) mass is 563 g/mol. The lowest BCUT2D eigenvalue weighted by atomic mass is 9.92. The fourth-order valence-corrected chi connectivity index (χ4v) is 5.81. The molecule has 1 aromatic heterocycles. The first-order chi connectivity index (χ1) is 19.4. The summed E-state index contributed by atoms with van der Waals surface area (Å²) < 4.78 is 0. The fraction of sp³-hybridized carbons (Fsp3) is 0.576. The highest BCUT2D eigenvalue weighted by molar-refractivity contribution is 7.99. The third-order valence-corrected chi connectivity index (χ3v) is 8.27. The van der Waals surface area contributed by atoms with Gasteiger partial charge in [-0.2, -0.15) is 0 Å². The van der Waals surface area contributed by atoms with Gasteiger partial charge in [0.1, 0.15) is 0 Å². The van der Waals surface area contributed by atoms with Crippen molar-refractivity contribution in [1.82, 2.24) is 20.2 Å². The molecule has 0 saturated heterocycles. The molecular formula is C33H49N5OS. The molecule has 6 nitrogen and oxygen atoms in total. The summed E-state index contributed by atoms with van der Waals surface area (Å²) >= 11 is 1.62. The summed E-state index contributed by atoms with van der Waals surface area (Å²) in [5.74, 6) is 1.36. The van der Waals surface area contributed by atoms with E-state index < -0.39 is 6.04 Å². The van der Waals surface area contributed by atoms with Gasteiger partial charge in [-0.3, -0.25) is 4.79 Å².